The summed E-state index contributed by atoms with van der Waals surface area (Å²) in [5, 5.41) is 9.81. The summed E-state index contributed by atoms with van der Waals surface area (Å²) in [6.45, 7) is 9.34. The largest absolute Gasteiger partial charge is 0.484 e. The lowest BCUT2D eigenvalue weighted by molar-refractivity contribution is -0.123. The first kappa shape index (κ1) is 27.7. The van der Waals surface area contributed by atoms with Crippen molar-refractivity contribution >= 4 is 35.8 Å². The molecule has 7 nitrogen and oxygen atoms in total. The van der Waals surface area contributed by atoms with Crippen LogP contribution < -0.4 is 20.7 Å². The highest BCUT2D eigenvalue weighted by Gasteiger charge is 2.35. The van der Waals surface area contributed by atoms with E-state index in [2.05, 4.69) is 41.7 Å². The Morgan fingerprint density at radius 3 is 2.52 bits per heavy atom. The number of nitrogens with zero attached hydrogens (tertiary/aromatic N) is 1. The quantitative estimate of drug-likeness (QED) is 0.240. The van der Waals surface area contributed by atoms with Crippen molar-refractivity contribution in [2.75, 3.05) is 33.4 Å². The van der Waals surface area contributed by atoms with E-state index in [1.807, 2.05) is 24.3 Å². The third-order valence-corrected chi connectivity index (χ3v) is 6.00. The molecule has 2 unspecified atom stereocenters. The van der Waals surface area contributed by atoms with Gasteiger partial charge in [-0.25, -0.2) is 0 Å². The number of benzene rings is 1. The van der Waals surface area contributed by atoms with Crippen LogP contribution in [-0.4, -0.2) is 57.4 Å². The molecule has 1 amide bonds. The lowest BCUT2D eigenvalue weighted by Crippen LogP contribution is -2.47. The smallest absolute Gasteiger partial charge is 0.258 e. The molecule has 1 aliphatic carbocycles. The van der Waals surface area contributed by atoms with Crippen LogP contribution in [-0.2, 0) is 16.0 Å². The number of nitrogens with one attached hydrogen (secondary N) is 3. The minimum atomic E-state index is -0.0479. The summed E-state index contributed by atoms with van der Waals surface area (Å²) in [5.74, 6) is 1.98. The average Bonchev–Trinajstić information content (AvgIpc) is 3.59. The lowest BCUT2D eigenvalue weighted by atomic mass is 9.78. The van der Waals surface area contributed by atoms with E-state index in [4.69, 9.17) is 9.47 Å². The minimum absolute atomic E-state index is 0. The van der Waals surface area contributed by atoms with Crippen molar-refractivity contribution in [3.8, 4) is 5.75 Å². The Morgan fingerprint density at radius 1 is 1.15 bits per heavy atom. The van der Waals surface area contributed by atoms with E-state index in [9.17, 15) is 4.79 Å². The number of ether oxygens (including phenoxy) is 2. The fourth-order valence-electron chi connectivity index (χ4n) is 4.18. The minimum Gasteiger partial charge on any atom is -0.484 e. The molecule has 3 rings (SSSR count). The maximum absolute atomic E-state index is 11.7. The Bertz CT molecular complexity index is 760. The van der Waals surface area contributed by atoms with Gasteiger partial charge in [0.05, 0.1) is 6.10 Å². The Morgan fingerprint density at radius 2 is 1.88 bits per heavy atom. The van der Waals surface area contributed by atoms with E-state index in [1.165, 1.54) is 12.0 Å². The van der Waals surface area contributed by atoms with Gasteiger partial charge in [-0.2, -0.15) is 0 Å². The molecule has 0 spiro atoms. The van der Waals surface area contributed by atoms with Gasteiger partial charge in [0.2, 0.25) is 0 Å². The molecule has 1 saturated carbocycles. The fourth-order valence-corrected chi connectivity index (χ4v) is 4.18. The highest BCUT2D eigenvalue weighted by Crippen LogP contribution is 2.33. The molecule has 1 aliphatic heterocycles. The van der Waals surface area contributed by atoms with Crippen LogP contribution in [0.25, 0.3) is 0 Å². The first-order valence-electron chi connectivity index (χ1n) is 11.9. The number of rotatable bonds is 9. The molecule has 0 radical (unpaired) electrons. The first-order valence-corrected chi connectivity index (χ1v) is 11.9. The second-order valence-corrected chi connectivity index (χ2v) is 9.96. The molecule has 1 saturated heterocycles. The first-order chi connectivity index (χ1) is 15.3. The molecular formula is C25H41IN4O3. The van der Waals surface area contributed by atoms with Crippen molar-refractivity contribution in [1.82, 2.24) is 16.0 Å². The van der Waals surface area contributed by atoms with Crippen LogP contribution in [0.3, 0.4) is 0 Å². The van der Waals surface area contributed by atoms with Gasteiger partial charge in [-0.05, 0) is 55.2 Å². The summed E-state index contributed by atoms with van der Waals surface area (Å²) < 4.78 is 11.7. The molecule has 2 aliphatic rings. The van der Waals surface area contributed by atoms with Crippen LogP contribution in [0.2, 0.25) is 0 Å². The van der Waals surface area contributed by atoms with Gasteiger partial charge in [-0.1, -0.05) is 32.9 Å². The molecule has 2 atom stereocenters. The van der Waals surface area contributed by atoms with E-state index in [1.54, 1.807) is 7.05 Å². The fraction of sp³-hybridized carbons (Fsp3) is 0.680. The second-order valence-electron chi connectivity index (χ2n) is 9.96. The van der Waals surface area contributed by atoms with Crippen LogP contribution in [0.15, 0.2) is 29.3 Å². The van der Waals surface area contributed by atoms with Crippen molar-refractivity contribution in [2.24, 2.45) is 16.3 Å². The van der Waals surface area contributed by atoms with Gasteiger partial charge < -0.3 is 25.4 Å². The van der Waals surface area contributed by atoms with Crippen LogP contribution in [0.1, 0.15) is 52.0 Å². The molecule has 3 N–H and O–H groups in total. The Balaban J connectivity index is 0.00000385. The van der Waals surface area contributed by atoms with Gasteiger partial charge in [0, 0.05) is 38.7 Å². The molecule has 2 fully saturated rings. The van der Waals surface area contributed by atoms with E-state index in [-0.39, 0.29) is 48.0 Å². The van der Waals surface area contributed by atoms with Gasteiger partial charge in [0.25, 0.3) is 5.91 Å². The summed E-state index contributed by atoms with van der Waals surface area (Å²) in [7, 11) is 1.81. The maximum Gasteiger partial charge on any atom is 0.258 e. The molecule has 1 aromatic rings. The topological polar surface area (TPSA) is 84.0 Å². The molecule has 1 aromatic carbocycles. The zero-order chi connectivity index (χ0) is 23.0. The SMILES string of the molecule is CN=C(NCCc1ccc(OCC(=O)NC2CC2)cc1)NCC1CCCOC1C(C)(C)C.I. The van der Waals surface area contributed by atoms with E-state index >= 15 is 0 Å². The summed E-state index contributed by atoms with van der Waals surface area (Å²) in [6.07, 6.45) is 5.61. The normalized spacial score (nSPS) is 21.0. The molecule has 186 valence electrons. The van der Waals surface area contributed by atoms with Crippen molar-refractivity contribution in [2.45, 2.75) is 65.0 Å². The lowest BCUT2D eigenvalue weighted by Gasteiger charge is -2.40. The summed E-state index contributed by atoms with van der Waals surface area (Å²) in [4.78, 5) is 16.1. The number of halogens is 1. The van der Waals surface area contributed by atoms with Gasteiger partial charge in [-0.3, -0.25) is 9.79 Å². The Labute approximate surface area is 215 Å². The molecule has 0 aromatic heterocycles. The number of aliphatic imine (C=N–C) groups is 1. The highest BCUT2D eigenvalue weighted by atomic mass is 127. The van der Waals surface area contributed by atoms with Gasteiger partial charge in [-0.15, -0.1) is 24.0 Å². The summed E-state index contributed by atoms with van der Waals surface area (Å²) >= 11 is 0. The van der Waals surface area contributed by atoms with Crippen molar-refractivity contribution in [1.29, 1.82) is 0 Å². The van der Waals surface area contributed by atoms with E-state index < -0.39 is 0 Å². The number of hydrogen-bond donors (Lipinski definition) is 3. The number of guanidine groups is 1. The number of carbonyl (C=O) groups is 1. The number of amides is 1. The van der Waals surface area contributed by atoms with Gasteiger partial charge in [0.1, 0.15) is 5.75 Å². The zero-order valence-electron chi connectivity index (χ0n) is 20.5. The van der Waals surface area contributed by atoms with E-state index in [0.29, 0.717) is 17.7 Å². The highest BCUT2D eigenvalue weighted by molar-refractivity contribution is 14.0. The Hall–Kier alpha value is -1.55. The number of hydrogen-bond acceptors (Lipinski definition) is 4. The summed E-state index contributed by atoms with van der Waals surface area (Å²) in [5.41, 5.74) is 1.34. The molecule has 1 heterocycles. The van der Waals surface area contributed by atoms with E-state index in [0.717, 1.165) is 51.3 Å². The average molecular weight is 573 g/mol. The third kappa shape index (κ3) is 9.68. The third-order valence-electron chi connectivity index (χ3n) is 6.00. The maximum atomic E-state index is 11.7. The molecular weight excluding hydrogens is 531 g/mol. The van der Waals surface area contributed by atoms with Gasteiger partial charge in [0.15, 0.2) is 12.6 Å². The number of carbonyl (C=O) groups excluding carboxylic acids is 1. The van der Waals surface area contributed by atoms with Crippen LogP contribution in [0.4, 0.5) is 0 Å². The molecule has 8 heteroatoms. The molecule has 0 bridgehead atoms. The van der Waals surface area contributed by atoms with Crippen LogP contribution in [0.5, 0.6) is 5.75 Å². The van der Waals surface area contributed by atoms with Gasteiger partial charge >= 0.3 is 0 Å². The summed E-state index contributed by atoms with van der Waals surface area (Å²) in [6, 6.07) is 8.28. The zero-order valence-corrected chi connectivity index (χ0v) is 22.8. The predicted octanol–water partition coefficient (Wildman–Crippen LogP) is 3.51. The standard InChI is InChI=1S/C25H40N4O3.HI/c1-25(2,3)23-19(6-5-15-31-23)16-28-24(26-4)27-14-13-18-7-11-21(12-8-18)32-17-22(30)29-20-9-10-20;/h7-8,11-12,19-20,23H,5-6,9-10,13-17H2,1-4H3,(H,29,30)(H2,26,27,28);1H. The van der Waals surface area contributed by atoms with Crippen molar-refractivity contribution in [3.63, 3.8) is 0 Å². The van der Waals surface area contributed by atoms with Crippen molar-refractivity contribution < 1.29 is 14.3 Å². The predicted molar refractivity (Wildman–Crippen MR) is 144 cm³/mol. The Kier molecular flexibility index (Phi) is 11.2. The van der Waals surface area contributed by atoms with Crippen LogP contribution >= 0.6 is 24.0 Å². The molecule has 33 heavy (non-hydrogen) atoms. The van der Waals surface area contributed by atoms with Crippen molar-refractivity contribution in [3.05, 3.63) is 29.8 Å². The monoisotopic (exact) mass is 572 g/mol. The van der Waals surface area contributed by atoms with Crippen LogP contribution in [0, 0.1) is 11.3 Å². The second kappa shape index (κ2) is 13.4.